The van der Waals surface area contributed by atoms with E-state index in [1.807, 2.05) is 44.2 Å². The van der Waals surface area contributed by atoms with Crippen molar-refractivity contribution in [3.63, 3.8) is 0 Å². The number of hydrogen-bond acceptors (Lipinski definition) is 3. The predicted molar refractivity (Wildman–Crippen MR) is 85.3 cm³/mol. The van der Waals surface area contributed by atoms with Gasteiger partial charge in [0.2, 0.25) is 0 Å². The third-order valence-corrected chi connectivity index (χ3v) is 4.46. The largest absolute Gasteiger partial charge is 0.481 e. The second-order valence-corrected chi connectivity index (χ2v) is 5.93. The third-order valence-electron chi connectivity index (χ3n) is 4.46. The van der Waals surface area contributed by atoms with Gasteiger partial charge in [-0.2, -0.15) is 0 Å². The lowest BCUT2D eigenvalue weighted by atomic mass is 10.0. The highest BCUT2D eigenvalue weighted by atomic mass is 16.4. The van der Waals surface area contributed by atoms with Crippen LogP contribution in [0.4, 0.5) is 0 Å². The van der Waals surface area contributed by atoms with Crippen molar-refractivity contribution in [2.75, 3.05) is 13.1 Å². The molecular formula is C18H19NO4. The molecule has 1 atom stereocenters. The van der Waals surface area contributed by atoms with E-state index >= 15 is 0 Å². The van der Waals surface area contributed by atoms with Crippen molar-refractivity contribution in [2.24, 2.45) is 5.92 Å². The Morgan fingerprint density at radius 3 is 2.52 bits per heavy atom. The zero-order valence-electron chi connectivity index (χ0n) is 13.2. The van der Waals surface area contributed by atoms with Crippen LogP contribution in [0.25, 0.3) is 11.3 Å². The van der Waals surface area contributed by atoms with E-state index in [1.165, 1.54) is 0 Å². The monoisotopic (exact) mass is 313 g/mol. The first-order valence-corrected chi connectivity index (χ1v) is 7.66. The summed E-state index contributed by atoms with van der Waals surface area (Å²) in [5.74, 6) is -0.205. The predicted octanol–water partition coefficient (Wildman–Crippen LogP) is 3.11. The van der Waals surface area contributed by atoms with Crippen molar-refractivity contribution < 1.29 is 19.1 Å². The second kappa shape index (κ2) is 5.91. The number of carboxylic acid groups (broad SMARTS) is 1. The van der Waals surface area contributed by atoms with Crippen LogP contribution in [0, 0.1) is 19.8 Å². The molecule has 3 rings (SSSR count). The summed E-state index contributed by atoms with van der Waals surface area (Å²) in [5.41, 5.74) is 2.20. The molecule has 0 spiro atoms. The minimum Gasteiger partial charge on any atom is -0.481 e. The topological polar surface area (TPSA) is 70.8 Å². The quantitative estimate of drug-likeness (QED) is 0.945. The average Bonchev–Trinajstić information content (AvgIpc) is 3.14. The first-order chi connectivity index (χ1) is 11.0. The molecule has 1 unspecified atom stereocenters. The molecule has 5 heteroatoms. The zero-order valence-corrected chi connectivity index (χ0v) is 13.2. The SMILES string of the molecule is Cc1oc(-c2ccccc2)c(C(=O)N2CCC(C(=O)O)C2)c1C. The van der Waals surface area contributed by atoms with E-state index in [2.05, 4.69) is 0 Å². The van der Waals surface area contributed by atoms with Gasteiger partial charge in [-0.1, -0.05) is 30.3 Å². The van der Waals surface area contributed by atoms with Crippen LogP contribution >= 0.6 is 0 Å². The molecule has 1 aliphatic heterocycles. The van der Waals surface area contributed by atoms with E-state index in [1.54, 1.807) is 4.90 Å². The molecule has 1 fully saturated rings. The smallest absolute Gasteiger partial charge is 0.308 e. The molecule has 1 saturated heterocycles. The summed E-state index contributed by atoms with van der Waals surface area (Å²) >= 11 is 0. The molecule has 23 heavy (non-hydrogen) atoms. The molecule has 0 aliphatic carbocycles. The Bertz CT molecular complexity index is 748. The second-order valence-electron chi connectivity index (χ2n) is 5.93. The van der Waals surface area contributed by atoms with Crippen LogP contribution < -0.4 is 0 Å². The molecule has 1 amide bonds. The van der Waals surface area contributed by atoms with Gasteiger partial charge in [-0.15, -0.1) is 0 Å². The maximum Gasteiger partial charge on any atom is 0.308 e. The average molecular weight is 313 g/mol. The zero-order chi connectivity index (χ0) is 16.6. The molecule has 0 radical (unpaired) electrons. The van der Waals surface area contributed by atoms with Crippen molar-refractivity contribution in [1.82, 2.24) is 4.90 Å². The van der Waals surface area contributed by atoms with Gasteiger partial charge in [0.05, 0.1) is 11.5 Å². The summed E-state index contributed by atoms with van der Waals surface area (Å²) in [6.07, 6.45) is 0.498. The Labute approximate surface area is 134 Å². The normalized spacial score (nSPS) is 17.5. The lowest BCUT2D eigenvalue weighted by Gasteiger charge is -2.16. The molecule has 2 aromatic rings. The summed E-state index contributed by atoms with van der Waals surface area (Å²) in [5, 5.41) is 9.12. The minimum atomic E-state index is -0.844. The van der Waals surface area contributed by atoms with Crippen LogP contribution in [-0.4, -0.2) is 35.0 Å². The lowest BCUT2D eigenvalue weighted by molar-refractivity contribution is -0.141. The maximum absolute atomic E-state index is 12.9. The minimum absolute atomic E-state index is 0.151. The number of furan rings is 1. The van der Waals surface area contributed by atoms with Crippen molar-refractivity contribution >= 4 is 11.9 Å². The summed E-state index contributed by atoms with van der Waals surface area (Å²) < 4.78 is 5.82. The molecule has 0 saturated carbocycles. The number of rotatable bonds is 3. The molecule has 2 heterocycles. The number of aryl methyl sites for hydroxylation is 1. The molecular weight excluding hydrogens is 294 g/mol. The molecule has 1 N–H and O–H groups in total. The number of aliphatic carboxylic acids is 1. The van der Waals surface area contributed by atoms with Crippen LogP contribution in [0.1, 0.15) is 28.1 Å². The fraction of sp³-hybridized carbons (Fsp3) is 0.333. The van der Waals surface area contributed by atoms with Gasteiger partial charge in [-0.05, 0) is 20.3 Å². The first kappa shape index (κ1) is 15.3. The number of hydrogen-bond donors (Lipinski definition) is 1. The van der Waals surface area contributed by atoms with E-state index < -0.39 is 11.9 Å². The van der Waals surface area contributed by atoms with Crippen molar-refractivity contribution in [3.8, 4) is 11.3 Å². The summed E-state index contributed by atoms with van der Waals surface area (Å²) in [4.78, 5) is 25.6. The number of carboxylic acids is 1. The van der Waals surface area contributed by atoms with Crippen LogP contribution in [0.15, 0.2) is 34.7 Å². The van der Waals surface area contributed by atoms with Crippen molar-refractivity contribution in [1.29, 1.82) is 0 Å². The number of carbonyl (C=O) groups excluding carboxylic acids is 1. The summed E-state index contributed by atoms with van der Waals surface area (Å²) in [6, 6.07) is 9.50. The Balaban J connectivity index is 1.97. The van der Waals surface area contributed by atoms with Crippen LogP contribution in [-0.2, 0) is 4.79 Å². The maximum atomic E-state index is 12.9. The van der Waals surface area contributed by atoms with Crippen molar-refractivity contribution in [2.45, 2.75) is 20.3 Å². The third kappa shape index (κ3) is 2.74. The number of amides is 1. The van der Waals surface area contributed by atoms with E-state index in [9.17, 15) is 9.59 Å². The summed E-state index contributed by atoms with van der Waals surface area (Å²) in [7, 11) is 0. The Morgan fingerprint density at radius 2 is 1.91 bits per heavy atom. The molecule has 1 aliphatic rings. The van der Waals surface area contributed by atoms with E-state index in [-0.39, 0.29) is 12.5 Å². The highest BCUT2D eigenvalue weighted by molar-refractivity contribution is 6.01. The number of benzene rings is 1. The lowest BCUT2D eigenvalue weighted by Crippen LogP contribution is -2.30. The molecule has 5 nitrogen and oxygen atoms in total. The molecule has 0 bridgehead atoms. The fourth-order valence-electron chi connectivity index (χ4n) is 2.98. The van der Waals surface area contributed by atoms with Gasteiger partial charge in [0.15, 0.2) is 0 Å². The van der Waals surface area contributed by atoms with Gasteiger partial charge in [0.1, 0.15) is 11.5 Å². The molecule has 1 aromatic heterocycles. The molecule has 1 aromatic carbocycles. The highest BCUT2D eigenvalue weighted by Gasteiger charge is 2.34. The van der Waals surface area contributed by atoms with Gasteiger partial charge in [0.25, 0.3) is 5.91 Å². The van der Waals surface area contributed by atoms with Crippen molar-refractivity contribution in [3.05, 3.63) is 47.2 Å². The highest BCUT2D eigenvalue weighted by Crippen LogP contribution is 2.33. The number of nitrogens with zero attached hydrogens (tertiary/aromatic N) is 1. The van der Waals surface area contributed by atoms with Gasteiger partial charge < -0.3 is 14.4 Å². The number of carbonyl (C=O) groups is 2. The van der Waals surface area contributed by atoms with Gasteiger partial charge >= 0.3 is 5.97 Å². The Kier molecular flexibility index (Phi) is 3.94. The van der Waals surface area contributed by atoms with Crippen LogP contribution in [0.2, 0.25) is 0 Å². The molecule has 120 valence electrons. The Morgan fingerprint density at radius 1 is 1.22 bits per heavy atom. The first-order valence-electron chi connectivity index (χ1n) is 7.66. The van der Waals surface area contributed by atoms with E-state index in [4.69, 9.17) is 9.52 Å². The van der Waals surface area contributed by atoms with Gasteiger partial charge in [0, 0.05) is 24.2 Å². The number of likely N-dealkylation sites (tertiary alicyclic amines) is 1. The summed E-state index contributed by atoms with van der Waals surface area (Å²) in [6.45, 7) is 4.42. The standard InChI is InChI=1S/C18H19NO4/c1-11-12(2)23-16(13-6-4-3-5-7-13)15(11)17(20)19-9-8-14(10-19)18(21)22/h3-7,14H,8-10H2,1-2H3,(H,21,22). The van der Waals surface area contributed by atoms with Gasteiger partial charge in [-0.3, -0.25) is 9.59 Å². The fourth-order valence-corrected chi connectivity index (χ4v) is 2.98. The van der Waals surface area contributed by atoms with Crippen LogP contribution in [0.5, 0.6) is 0 Å². The Hall–Kier alpha value is -2.56. The van der Waals surface area contributed by atoms with E-state index in [0.29, 0.717) is 30.0 Å². The van der Waals surface area contributed by atoms with Gasteiger partial charge in [-0.25, -0.2) is 0 Å². The van der Waals surface area contributed by atoms with Crippen LogP contribution in [0.3, 0.4) is 0 Å². The van der Waals surface area contributed by atoms with E-state index in [0.717, 1.165) is 11.1 Å².